The number of halogens is 2. The van der Waals surface area contributed by atoms with E-state index in [-0.39, 0.29) is 23.8 Å². The van der Waals surface area contributed by atoms with Gasteiger partial charge in [0.05, 0.1) is 5.69 Å². The minimum atomic E-state index is -0.639. The summed E-state index contributed by atoms with van der Waals surface area (Å²) in [5.41, 5.74) is 1.50. The standard InChI is InChI=1S/C27H33ClFN3O3/c1-18-16-32(19(2)15-31(18)17-20-6-11-23(29)12-7-20)25(33)13-9-21-8-10-22(28)14-24(21)30-26(34)35-27(3,4)5/h6-14,18-19H,15-17H2,1-5H3,(H,30,34)/b13-9+/t18-,19+/m0/s1. The van der Waals surface area contributed by atoms with E-state index >= 15 is 0 Å². The average Bonchev–Trinajstić information content (AvgIpc) is 2.75. The molecule has 0 aliphatic carbocycles. The third kappa shape index (κ3) is 7.80. The lowest BCUT2D eigenvalue weighted by Gasteiger charge is -2.44. The largest absolute Gasteiger partial charge is 0.444 e. The predicted octanol–water partition coefficient (Wildman–Crippen LogP) is 5.96. The molecule has 1 heterocycles. The molecule has 1 saturated heterocycles. The second kappa shape index (κ2) is 11.2. The molecule has 0 radical (unpaired) electrons. The van der Waals surface area contributed by atoms with E-state index in [0.29, 0.717) is 35.9 Å². The maximum Gasteiger partial charge on any atom is 0.412 e. The highest BCUT2D eigenvalue weighted by Crippen LogP contribution is 2.24. The highest BCUT2D eigenvalue weighted by molar-refractivity contribution is 6.31. The normalized spacial score (nSPS) is 19.1. The van der Waals surface area contributed by atoms with Gasteiger partial charge >= 0.3 is 6.09 Å². The summed E-state index contributed by atoms with van der Waals surface area (Å²) in [5, 5.41) is 3.17. The Kier molecular flexibility index (Phi) is 8.56. The molecular weight excluding hydrogens is 469 g/mol. The molecule has 0 spiro atoms. The predicted molar refractivity (Wildman–Crippen MR) is 138 cm³/mol. The van der Waals surface area contributed by atoms with E-state index in [1.165, 1.54) is 18.2 Å². The van der Waals surface area contributed by atoms with Gasteiger partial charge in [0.25, 0.3) is 0 Å². The summed E-state index contributed by atoms with van der Waals surface area (Å²) in [7, 11) is 0. The zero-order valence-electron chi connectivity index (χ0n) is 20.8. The molecule has 2 aromatic rings. The number of piperazine rings is 1. The molecule has 2 atom stereocenters. The van der Waals surface area contributed by atoms with E-state index in [0.717, 1.165) is 5.56 Å². The molecular formula is C27H33ClFN3O3. The quantitative estimate of drug-likeness (QED) is 0.513. The molecule has 2 aromatic carbocycles. The minimum absolute atomic E-state index is 0.00775. The molecule has 0 bridgehead atoms. The molecule has 1 aliphatic heterocycles. The van der Waals surface area contributed by atoms with Gasteiger partial charge in [0.2, 0.25) is 5.91 Å². The molecule has 8 heteroatoms. The smallest absolute Gasteiger partial charge is 0.412 e. The lowest BCUT2D eigenvalue weighted by molar-refractivity contribution is -0.131. The van der Waals surface area contributed by atoms with E-state index in [1.807, 2.05) is 11.8 Å². The molecule has 0 unspecified atom stereocenters. The number of carbonyl (C=O) groups is 2. The van der Waals surface area contributed by atoms with Crippen molar-refractivity contribution in [3.05, 3.63) is 70.5 Å². The summed E-state index contributed by atoms with van der Waals surface area (Å²) in [6.45, 7) is 11.4. The molecule has 188 valence electrons. The van der Waals surface area contributed by atoms with Crippen LogP contribution >= 0.6 is 11.6 Å². The van der Waals surface area contributed by atoms with Crippen LogP contribution in [0.2, 0.25) is 5.02 Å². The van der Waals surface area contributed by atoms with Gasteiger partial charge in [0, 0.05) is 42.8 Å². The summed E-state index contributed by atoms with van der Waals surface area (Å²) >= 11 is 6.12. The molecule has 2 amide bonds. The number of anilines is 1. The Hall–Kier alpha value is -2.90. The van der Waals surface area contributed by atoms with Crippen molar-refractivity contribution >= 4 is 35.4 Å². The maximum atomic E-state index is 13.2. The second-order valence-electron chi connectivity index (χ2n) is 9.94. The molecule has 1 fully saturated rings. The SMILES string of the molecule is C[C@@H]1CN(Cc2ccc(F)cc2)[C@@H](C)CN1C(=O)/C=C/c1ccc(Cl)cc1NC(=O)OC(C)(C)C. The van der Waals surface area contributed by atoms with Crippen LogP contribution in [0.1, 0.15) is 45.7 Å². The lowest BCUT2D eigenvalue weighted by atomic mass is 10.1. The van der Waals surface area contributed by atoms with E-state index in [9.17, 15) is 14.0 Å². The molecule has 1 N–H and O–H groups in total. The first-order valence-electron chi connectivity index (χ1n) is 11.7. The average molecular weight is 502 g/mol. The van der Waals surface area contributed by atoms with Gasteiger partial charge in [0.15, 0.2) is 0 Å². The number of benzene rings is 2. The first-order valence-corrected chi connectivity index (χ1v) is 12.1. The fourth-order valence-electron chi connectivity index (χ4n) is 4.00. The third-order valence-electron chi connectivity index (χ3n) is 5.75. The van der Waals surface area contributed by atoms with Crippen molar-refractivity contribution in [2.75, 3.05) is 18.4 Å². The van der Waals surface area contributed by atoms with E-state index < -0.39 is 11.7 Å². The molecule has 1 aliphatic rings. The van der Waals surface area contributed by atoms with Crippen molar-refractivity contribution in [2.24, 2.45) is 0 Å². The Bertz CT molecular complexity index is 1080. The van der Waals surface area contributed by atoms with Crippen molar-refractivity contribution in [3.8, 4) is 0 Å². The van der Waals surface area contributed by atoms with Gasteiger partial charge in [-0.3, -0.25) is 15.0 Å². The Labute approximate surface area is 211 Å². The van der Waals surface area contributed by atoms with E-state index in [2.05, 4.69) is 17.1 Å². The monoisotopic (exact) mass is 501 g/mol. The lowest BCUT2D eigenvalue weighted by Crippen LogP contribution is -2.57. The van der Waals surface area contributed by atoms with Crippen LogP contribution in [0.15, 0.2) is 48.5 Å². The summed E-state index contributed by atoms with van der Waals surface area (Å²) in [6.07, 6.45) is 2.59. The van der Waals surface area contributed by atoms with Crippen LogP contribution in [0.4, 0.5) is 14.9 Å². The Morgan fingerprint density at radius 1 is 1.11 bits per heavy atom. The molecule has 0 aromatic heterocycles. The van der Waals surface area contributed by atoms with Crippen LogP contribution in [0.3, 0.4) is 0 Å². The maximum absolute atomic E-state index is 13.2. The second-order valence-corrected chi connectivity index (χ2v) is 10.4. The van der Waals surface area contributed by atoms with Crippen molar-refractivity contribution in [1.82, 2.24) is 9.80 Å². The molecule has 0 saturated carbocycles. The zero-order valence-corrected chi connectivity index (χ0v) is 21.6. The summed E-state index contributed by atoms with van der Waals surface area (Å²) in [6, 6.07) is 11.7. The topological polar surface area (TPSA) is 61.9 Å². The van der Waals surface area contributed by atoms with Crippen LogP contribution in [-0.4, -0.2) is 52.6 Å². The minimum Gasteiger partial charge on any atom is -0.444 e. The van der Waals surface area contributed by atoms with Crippen LogP contribution in [0.25, 0.3) is 6.08 Å². The Balaban J connectivity index is 1.66. The van der Waals surface area contributed by atoms with Gasteiger partial charge in [-0.25, -0.2) is 9.18 Å². The number of carbonyl (C=O) groups excluding carboxylic acids is 2. The highest BCUT2D eigenvalue weighted by Gasteiger charge is 2.31. The van der Waals surface area contributed by atoms with Crippen molar-refractivity contribution in [3.63, 3.8) is 0 Å². The number of rotatable bonds is 5. The van der Waals surface area contributed by atoms with Gasteiger partial charge in [-0.2, -0.15) is 0 Å². The Morgan fingerprint density at radius 3 is 2.46 bits per heavy atom. The number of ether oxygens (including phenoxy) is 1. The van der Waals surface area contributed by atoms with Crippen molar-refractivity contribution in [2.45, 2.75) is 58.8 Å². The number of nitrogens with one attached hydrogen (secondary N) is 1. The fourth-order valence-corrected chi connectivity index (χ4v) is 4.17. The first kappa shape index (κ1) is 26.7. The first-order chi connectivity index (χ1) is 16.4. The van der Waals surface area contributed by atoms with Crippen LogP contribution in [0.5, 0.6) is 0 Å². The molecule has 6 nitrogen and oxygen atoms in total. The Morgan fingerprint density at radius 2 is 1.80 bits per heavy atom. The third-order valence-corrected chi connectivity index (χ3v) is 5.99. The highest BCUT2D eigenvalue weighted by atomic mass is 35.5. The van der Waals surface area contributed by atoms with Gasteiger partial charge in [0.1, 0.15) is 11.4 Å². The number of hydrogen-bond donors (Lipinski definition) is 1. The number of amides is 2. The fraction of sp³-hybridized carbons (Fsp3) is 0.407. The van der Waals surface area contributed by atoms with Gasteiger partial charge in [-0.05, 0) is 76.1 Å². The van der Waals surface area contributed by atoms with Crippen LogP contribution in [0, 0.1) is 5.82 Å². The van der Waals surface area contributed by atoms with Crippen molar-refractivity contribution < 1.29 is 18.7 Å². The van der Waals surface area contributed by atoms with Gasteiger partial charge in [-0.15, -0.1) is 0 Å². The zero-order chi connectivity index (χ0) is 25.8. The van der Waals surface area contributed by atoms with Crippen LogP contribution < -0.4 is 5.32 Å². The van der Waals surface area contributed by atoms with Crippen LogP contribution in [-0.2, 0) is 16.1 Å². The summed E-state index contributed by atoms with van der Waals surface area (Å²) in [5.74, 6) is -0.355. The van der Waals surface area contributed by atoms with Gasteiger partial charge in [-0.1, -0.05) is 29.8 Å². The molecule has 3 rings (SSSR count). The number of nitrogens with zero attached hydrogens (tertiary/aromatic N) is 2. The molecule has 35 heavy (non-hydrogen) atoms. The summed E-state index contributed by atoms with van der Waals surface area (Å²) < 4.78 is 18.5. The van der Waals surface area contributed by atoms with Gasteiger partial charge < -0.3 is 9.64 Å². The number of hydrogen-bond acceptors (Lipinski definition) is 4. The van der Waals surface area contributed by atoms with Crippen molar-refractivity contribution in [1.29, 1.82) is 0 Å². The van der Waals surface area contributed by atoms with E-state index in [1.54, 1.807) is 57.2 Å². The van der Waals surface area contributed by atoms with E-state index in [4.69, 9.17) is 16.3 Å². The summed E-state index contributed by atoms with van der Waals surface area (Å²) in [4.78, 5) is 29.4.